The van der Waals surface area contributed by atoms with Gasteiger partial charge in [-0.25, -0.2) is 14.9 Å². The SMILES string of the molecule is CCC(C)(C)c1ccc(OCCCC(=O)Nc2cccc(NC(=O)C(Cl)(C(=O)C(C)(C)C)[N+]3(C)C(=O)NC(=O)N3c3ccccc3)c2)c(C(C)(C)CC)c1. The summed E-state index contributed by atoms with van der Waals surface area (Å²) in [5.41, 5.74) is 2.01. The monoisotopic (exact) mass is 760 g/mol. The van der Waals surface area contributed by atoms with Crippen LogP contribution in [-0.2, 0) is 25.2 Å². The number of nitrogens with one attached hydrogen (secondary N) is 3. The van der Waals surface area contributed by atoms with Gasteiger partial charge in [-0.05, 0) is 83.7 Å². The molecule has 1 saturated heterocycles. The van der Waals surface area contributed by atoms with E-state index in [0.717, 1.165) is 29.2 Å². The lowest BCUT2D eigenvalue weighted by molar-refractivity contribution is -0.844. The van der Waals surface area contributed by atoms with Crippen LogP contribution in [0.4, 0.5) is 26.7 Å². The van der Waals surface area contributed by atoms with Crippen LogP contribution in [-0.4, -0.2) is 52.9 Å². The fourth-order valence-corrected chi connectivity index (χ4v) is 6.73. The molecule has 1 fully saturated rings. The average molecular weight is 761 g/mol. The molecule has 0 aromatic heterocycles. The molecule has 54 heavy (non-hydrogen) atoms. The van der Waals surface area contributed by atoms with Crippen molar-refractivity contribution in [1.29, 1.82) is 0 Å². The number of ketones is 1. The molecule has 0 bridgehead atoms. The van der Waals surface area contributed by atoms with Crippen LogP contribution in [0, 0.1) is 5.41 Å². The molecule has 2 unspecified atom stereocenters. The number of benzene rings is 3. The van der Waals surface area contributed by atoms with Gasteiger partial charge in [-0.15, -0.1) is 9.60 Å². The number of carbonyl (C=O) groups is 5. The van der Waals surface area contributed by atoms with Crippen molar-refractivity contribution in [3.05, 3.63) is 83.9 Å². The Kier molecular flexibility index (Phi) is 12.4. The van der Waals surface area contributed by atoms with E-state index in [9.17, 15) is 24.0 Å². The van der Waals surface area contributed by atoms with Crippen LogP contribution < -0.4 is 25.7 Å². The second-order valence-corrected chi connectivity index (χ2v) is 16.8. The number of hydrogen-bond donors (Lipinski definition) is 3. The van der Waals surface area contributed by atoms with Gasteiger partial charge >= 0.3 is 23.0 Å². The van der Waals surface area contributed by atoms with Crippen molar-refractivity contribution in [2.45, 2.75) is 104 Å². The number of likely N-dealkylation sites (N-methyl/N-ethyl adjacent to an activating group) is 1. The summed E-state index contributed by atoms with van der Waals surface area (Å²) < 4.78 is 5.02. The van der Waals surface area contributed by atoms with Gasteiger partial charge in [0.1, 0.15) is 18.5 Å². The predicted octanol–water partition coefficient (Wildman–Crippen LogP) is 9.06. The molecule has 3 aromatic carbocycles. The minimum atomic E-state index is -2.64. The molecule has 2 atom stereocenters. The molecule has 1 aliphatic rings. The summed E-state index contributed by atoms with van der Waals surface area (Å²) in [7, 11) is 1.25. The van der Waals surface area contributed by atoms with Crippen LogP contribution in [0.5, 0.6) is 5.75 Å². The highest BCUT2D eigenvalue weighted by Crippen LogP contribution is 2.43. The standard InChI is InChI=1S/C42H54ClN5O6/c1-11-40(6,7)28-23-24-33(32(26-28)41(8,9)12-2)54-25-17-22-34(49)44-29-18-16-19-30(27-29)45-36(51)42(43,35(50)39(3,4)5)48(10)38(53)46-37(52)47(48)31-20-14-13-15-21-31/h13-16,18-21,23-24,26-27H,11-12,17,22,25H2,1-10H3,(H2-,44,45,46,49,51,52,53)/p+1. The molecule has 4 rings (SSSR count). The zero-order valence-electron chi connectivity index (χ0n) is 33.2. The largest absolute Gasteiger partial charge is 0.493 e. The molecular formula is C42H55ClN5O6+. The van der Waals surface area contributed by atoms with E-state index in [1.165, 1.54) is 18.7 Å². The third kappa shape index (κ3) is 8.32. The number of quaternary nitrogens is 1. The van der Waals surface area contributed by atoms with E-state index in [4.69, 9.17) is 16.3 Å². The minimum Gasteiger partial charge on any atom is -0.493 e. The number of nitrogens with zero attached hydrogens (tertiary/aromatic N) is 2. The van der Waals surface area contributed by atoms with Gasteiger partial charge in [0.25, 0.3) is 0 Å². The summed E-state index contributed by atoms with van der Waals surface area (Å²) in [5, 5.41) is 8.73. The number of anilines is 3. The highest BCUT2D eigenvalue weighted by Gasteiger charge is 2.73. The molecule has 1 aliphatic heterocycles. The Bertz CT molecular complexity index is 1910. The molecular weight excluding hydrogens is 706 g/mol. The van der Waals surface area contributed by atoms with Crippen molar-refractivity contribution in [2.24, 2.45) is 5.41 Å². The third-order valence-electron chi connectivity index (χ3n) is 10.6. The third-order valence-corrected chi connectivity index (χ3v) is 11.2. The van der Waals surface area contributed by atoms with Crippen LogP contribution in [0.15, 0.2) is 72.8 Å². The number of amides is 6. The number of halogens is 1. The van der Waals surface area contributed by atoms with E-state index in [2.05, 4.69) is 69.6 Å². The lowest BCUT2D eigenvalue weighted by Crippen LogP contribution is -2.75. The van der Waals surface area contributed by atoms with Crippen LogP contribution in [0.1, 0.15) is 99.1 Å². The van der Waals surface area contributed by atoms with Crippen molar-refractivity contribution >= 4 is 58.3 Å². The molecule has 0 spiro atoms. The molecule has 6 amide bonds. The quantitative estimate of drug-likeness (QED) is 0.0466. The Labute approximate surface area is 324 Å². The average Bonchev–Trinajstić information content (AvgIpc) is 3.36. The Hall–Kier alpha value is -4.74. The van der Waals surface area contributed by atoms with Crippen molar-refractivity contribution in [3.63, 3.8) is 0 Å². The summed E-state index contributed by atoms with van der Waals surface area (Å²) in [6.45, 7) is 18.3. The minimum absolute atomic E-state index is 0.0418. The summed E-state index contributed by atoms with van der Waals surface area (Å²) in [5.74, 6) is -1.26. The smallest absolute Gasteiger partial charge is 0.452 e. The molecule has 12 heteroatoms. The van der Waals surface area contributed by atoms with Gasteiger partial charge in [0.2, 0.25) is 11.7 Å². The number of Topliss-reactive ketones (excluding diaryl/α,β-unsaturated/α-hetero) is 1. The van der Waals surface area contributed by atoms with E-state index in [0.29, 0.717) is 18.7 Å². The number of imide groups is 1. The number of para-hydroxylation sites is 1. The van der Waals surface area contributed by atoms with Gasteiger partial charge in [-0.3, -0.25) is 14.4 Å². The number of alkyl halides is 1. The first-order chi connectivity index (χ1) is 25.1. The highest BCUT2D eigenvalue weighted by molar-refractivity contribution is 6.47. The first-order valence-corrected chi connectivity index (χ1v) is 18.8. The van der Waals surface area contributed by atoms with E-state index in [1.54, 1.807) is 69.3 Å². The normalized spacial score (nSPS) is 17.4. The van der Waals surface area contributed by atoms with Gasteiger partial charge in [0, 0.05) is 28.8 Å². The van der Waals surface area contributed by atoms with Crippen LogP contribution in [0.3, 0.4) is 0 Å². The Morgan fingerprint density at radius 1 is 0.815 bits per heavy atom. The van der Waals surface area contributed by atoms with E-state index < -0.39 is 38.8 Å². The molecule has 0 aliphatic carbocycles. The Morgan fingerprint density at radius 2 is 1.43 bits per heavy atom. The van der Waals surface area contributed by atoms with Gasteiger partial charge in [-0.1, -0.05) is 98.7 Å². The van der Waals surface area contributed by atoms with Gasteiger partial charge in [-0.2, -0.15) is 0 Å². The van der Waals surface area contributed by atoms with Crippen LogP contribution in [0.25, 0.3) is 0 Å². The molecule has 0 saturated carbocycles. The van der Waals surface area contributed by atoms with E-state index in [1.807, 2.05) is 6.07 Å². The Morgan fingerprint density at radius 3 is 2.02 bits per heavy atom. The van der Waals surface area contributed by atoms with Crippen LogP contribution in [0.2, 0.25) is 0 Å². The molecule has 3 aromatic rings. The zero-order chi connectivity index (χ0) is 40.3. The Balaban J connectivity index is 1.49. The van der Waals surface area contributed by atoms with Gasteiger partial charge in [0.05, 0.1) is 6.61 Å². The van der Waals surface area contributed by atoms with Gasteiger partial charge in [0.15, 0.2) is 0 Å². The second-order valence-electron chi connectivity index (χ2n) is 16.3. The molecule has 3 N–H and O–H groups in total. The topological polar surface area (TPSA) is 134 Å². The molecule has 1 heterocycles. The number of rotatable bonds is 15. The van der Waals surface area contributed by atoms with Crippen molar-refractivity contribution < 1.29 is 33.3 Å². The fourth-order valence-electron chi connectivity index (χ4n) is 6.24. The van der Waals surface area contributed by atoms with Gasteiger partial charge < -0.3 is 15.4 Å². The number of hydrogen-bond acceptors (Lipinski definition) is 6. The maximum absolute atomic E-state index is 14.3. The van der Waals surface area contributed by atoms with Crippen molar-refractivity contribution in [3.8, 4) is 5.75 Å². The van der Waals surface area contributed by atoms with E-state index in [-0.39, 0.29) is 34.5 Å². The highest BCUT2D eigenvalue weighted by atomic mass is 35.5. The van der Waals surface area contributed by atoms with Crippen molar-refractivity contribution in [1.82, 2.24) is 5.32 Å². The maximum Gasteiger partial charge on any atom is 0.452 e. The lowest BCUT2D eigenvalue weighted by atomic mass is 9.76. The molecule has 290 valence electrons. The summed E-state index contributed by atoms with van der Waals surface area (Å²) in [4.78, 5) is 65.5. The first-order valence-electron chi connectivity index (χ1n) is 18.4. The summed E-state index contributed by atoms with van der Waals surface area (Å²) in [6.07, 6.45) is 2.61. The number of urea groups is 2. The molecule has 0 radical (unpaired) electrons. The van der Waals surface area contributed by atoms with Crippen molar-refractivity contribution in [2.75, 3.05) is 29.3 Å². The number of carbonyl (C=O) groups excluding carboxylic acids is 5. The predicted molar refractivity (Wildman–Crippen MR) is 214 cm³/mol. The van der Waals surface area contributed by atoms with E-state index >= 15 is 0 Å². The second kappa shape index (κ2) is 15.9. The first kappa shape index (κ1) is 42.0. The lowest BCUT2D eigenvalue weighted by Gasteiger charge is -2.43. The summed E-state index contributed by atoms with van der Waals surface area (Å²) in [6, 6.07) is 19.2. The summed E-state index contributed by atoms with van der Waals surface area (Å²) >= 11 is 7.12. The van der Waals surface area contributed by atoms with Crippen LogP contribution >= 0.6 is 11.6 Å². The maximum atomic E-state index is 14.3. The number of ether oxygens (including phenoxy) is 1. The zero-order valence-corrected chi connectivity index (χ0v) is 33.9. The fraction of sp³-hybridized carbons (Fsp3) is 0.452. The molecule has 11 nitrogen and oxygen atoms in total.